The number of aryl methyl sites for hydroxylation is 1. The minimum absolute atomic E-state index is 0.0730. The van der Waals surface area contributed by atoms with Gasteiger partial charge in [-0.2, -0.15) is 0 Å². The Balaban J connectivity index is 2.57. The van der Waals surface area contributed by atoms with Crippen LogP contribution in [0.5, 0.6) is 0 Å². The minimum atomic E-state index is -0.188. The fourth-order valence-electron chi connectivity index (χ4n) is 0.824. The second-order valence-corrected chi connectivity index (χ2v) is 5.43. The third kappa shape index (κ3) is 3.02. The van der Waals surface area contributed by atoms with Crippen LogP contribution < -0.4 is 5.32 Å². The van der Waals surface area contributed by atoms with Crippen LogP contribution in [-0.4, -0.2) is 20.9 Å². The molecular formula is C8H12BrN3OS. The Hall–Kier alpha value is -0.490. The number of aromatic nitrogens is 2. The van der Waals surface area contributed by atoms with Crippen LogP contribution in [0.15, 0.2) is 0 Å². The molecule has 0 aliphatic rings. The molecule has 14 heavy (non-hydrogen) atoms. The van der Waals surface area contributed by atoms with E-state index in [1.54, 1.807) is 0 Å². The molecule has 1 atom stereocenters. The number of halogens is 1. The number of alkyl halides is 1. The van der Waals surface area contributed by atoms with Crippen LogP contribution in [0.3, 0.4) is 0 Å². The van der Waals surface area contributed by atoms with Crippen LogP contribution >= 0.6 is 27.3 Å². The molecular weight excluding hydrogens is 266 g/mol. The van der Waals surface area contributed by atoms with Crippen molar-refractivity contribution in [3.05, 3.63) is 5.01 Å². The molecule has 0 spiro atoms. The maximum Gasteiger partial charge on any atom is 0.240 e. The summed E-state index contributed by atoms with van der Waals surface area (Å²) in [6.45, 7) is 5.80. The summed E-state index contributed by atoms with van der Waals surface area (Å²) in [5.41, 5.74) is 0. The van der Waals surface area contributed by atoms with Crippen LogP contribution in [0, 0.1) is 12.8 Å². The van der Waals surface area contributed by atoms with E-state index in [1.807, 2.05) is 20.8 Å². The third-order valence-electron chi connectivity index (χ3n) is 1.59. The van der Waals surface area contributed by atoms with Gasteiger partial charge in [-0.25, -0.2) is 0 Å². The number of rotatable bonds is 3. The van der Waals surface area contributed by atoms with Gasteiger partial charge in [0.15, 0.2) is 0 Å². The van der Waals surface area contributed by atoms with Crippen molar-refractivity contribution in [1.29, 1.82) is 0 Å². The van der Waals surface area contributed by atoms with Gasteiger partial charge in [0.25, 0.3) is 0 Å². The summed E-state index contributed by atoms with van der Waals surface area (Å²) in [6.07, 6.45) is 0. The zero-order chi connectivity index (χ0) is 10.7. The van der Waals surface area contributed by atoms with Crippen molar-refractivity contribution in [2.45, 2.75) is 25.6 Å². The lowest BCUT2D eigenvalue weighted by Crippen LogP contribution is -2.26. The molecule has 6 heteroatoms. The Labute approximate surface area is 95.2 Å². The quantitative estimate of drug-likeness (QED) is 0.862. The highest BCUT2D eigenvalue weighted by Crippen LogP contribution is 2.17. The van der Waals surface area contributed by atoms with E-state index in [1.165, 1.54) is 11.3 Å². The SMILES string of the molecule is Cc1nnc(NC(=O)C(Br)C(C)C)s1. The van der Waals surface area contributed by atoms with Crippen molar-refractivity contribution < 1.29 is 4.79 Å². The molecule has 1 aromatic heterocycles. The highest BCUT2D eigenvalue weighted by atomic mass is 79.9. The summed E-state index contributed by atoms with van der Waals surface area (Å²) < 4.78 is 0. The zero-order valence-corrected chi connectivity index (χ0v) is 10.6. The number of carbonyl (C=O) groups excluding carboxylic acids is 1. The van der Waals surface area contributed by atoms with Gasteiger partial charge in [-0.15, -0.1) is 10.2 Å². The van der Waals surface area contributed by atoms with Gasteiger partial charge < -0.3 is 0 Å². The predicted molar refractivity (Wildman–Crippen MR) is 60.8 cm³/mol. The minimum Gasteiger partial charge on any atom is -0.300 e. The summed E-state index contributed by atoms with van der Waals surface area (Å²) in [5.74, 6) is 0.181. The summed E-state index contributed by atoms with van der Waals surface area (Å²) >= 11 is 4.69. The largest absolute Gasteiger partial charge is 0.300 e. The van der Waals surface area contributed by atoms with E-state index in [9.17, 15) is 4.79 Å². The number of anilines is 1. The molecule has 78 valence electrons. The van der Waals surface area contributed by atoms with Crippen LogP contribution in [0.4, 0.5) is 5.13 Å². The first-order valence-corrected chi connectivity index (χ1v) is 5.99. The summed E-state index contributed by atoms with van der Waals surface area (Å²) in [4.78, 5) is 11.4. The standard InChI is InChI=1S/C8H12BrN3OS/c1-4(2)6(9)7(13)10-8-12-11-5(3)14-8/h4,6H,1-3H3,(H,10,12,13). The van der Waals surface area contributed by atoms with Crippen LogP contribution in [-0.2, 0) is 4.79 Å². The van der Waals surface area contributed by atoms with Crippen molar-refractivity contribution in [2.24, 2.45) is 5.92 Å². The second-order valence-electron chi connectivity index (χ2n) is 3.26. The Morgan fingerprint density at radius 3 is 2.57 bits per heavy atom. The van der Waals surface area contributed by atoms with Crippen molar-refractivity contribution in [3.63, 3.8) is 0 Å². The Morgan fingerprint density at radius 2 is 2.14 bits per heavy atom. The molecule has 4 nitrogen and oxygen atoms in total. The average molecular weight is 278 g/mol. The van der Waals surface area contributed by atoms with Crippen molar-refractivity contribution in [2.75, 3.05) is 5.32 Å². The maximum atomic E-state index is 11.5. The normalized spacial score (nSPS) is 12.9. The number of nitrogens with one attached hydrogen (secondary N) is 1. The average Bonchev–Trinajstić information content (AvgIpc) is 2.49. The van der Waals surface area contributed by atoms with E-state index < -0.39 is 0 Å². The first-order chi connectivity index (χ1) is 6.50. The van der Waals surface area contributed by atoms with Gasteiger partial charge in [0, 0.05) is 0 Å². The molecule has 1 rings (SSSR count). The van der Waals surface area contributed by atoms with E-state index in [2.05, 4.69) is 31.4 Å². The molecule has 0 saturated heterocycles. The highest BCUT2D eigenvalue weighted by Gasteiger charge is 2.19. The first-order valence-electron chi connectivity index (χ1n) is 4.25. The number of hydrogen-bond acceptors (Lipinski definition) is 4. The molecule has 1 amide bonds. The number of nitrogens with zero attached hydrogens (tertiary/aromatic N) is 2. The molecule has 0 aliphatic carbocycles. The Morgan fingerprint density at radius 1 is 1.50 bits per heavy atom. The third-order valence-corrected chi connectivity index (χ3v) is 3.82. The van der Waals surface area contributed by atoms with Crippen LogP contribution in [0.2, 0.25) is 0 Å². The highest BCUT2D eigenvalue weighted by molar-refractivity contribution is 9.10. The smallest absolute Gasteiger partial charge is 0.240 e. The summed E-state index contributed by atoms with van der Waals surface area (Å²) in [6, 6.07) is 0. The number of hydrogen-bond donors (Lipinski definition) is 1. The van der Waals surface area contributed by atoms with E-state index in [0.717, 1.165) is 5.01 Å². The van der Waals surface area contributed by atoms with Gasteiger partial charge in [-0.05, 0) is 12.8 Å². The van der Waals surface area contributed by atoms with E-state index in [4.69, 9.17) is 0 Å². The topological polar surface area (TPSA) is 54.9 Å². The maximum absolute atomic E-state index is 11.5. The lowest BCUT2D eigenvalue weighted by atomic mass is 10.1. The lowest BCUT2D eigenvalue weighted by molar-refractivity contribution is -0.116. The molecule has 1 heterocycles. The first kappa shape index (κ1) is 11.6. The van der Waals surface area contributed by atoms with Crippen molar-refractivity contribution in [3.8, 4) is 0 Å². The number of carbonyl (C=O) groups is 1. The fraction of sp³-hybridized carbons (Fsp3) is 0.625. The predicted octanol–water partition coefficient (Wildman–Crippen LogP) is 2.20. The monoisotopic (exact) mass is 277 g/mol. The molecule has 0 aliphatic heterocycles. The van der Waals surface area contributed by atoms with Gasteiger partial charge in [-0.1, -0.05) is 41.1 Å². The van der Waals surface area contributed by atoms with E-state index in [0.29, 0.717) is 5.13 Å². The molecule has 0 bridgehead atoms. The summed E-state index contributed by atoms with van der Waals surface area (Å²) in [7, 11) is 0. The fourth-order valence-corrected chi connectivity index (χ4v) is 1.53. The Kier molecular flexibility index (Phi) is 4.00. The van der Waals surface area contributed by atoms with E-state index in [-0.39, 0.29) is 16.7 Å². The molecule has 0 radical (unpaired) electrons. The molecule has 1 aromatic rings. The van der Waals surface area contributed by atoms with Gasteiger partial charge in [-0.3, -0.25) is 10.1 Å². The number of amides is 1. The summed E-state index contributed by atoms with van der Waals surface area (Å²) in [5, 5.41) is 11.7. The van der Waals surface area contributed by atoms with Crippen LogP contribution in [0.1, 0.15) is 18.9 Å². The van der Waals surface area contributed by atoms with Crippen LogP contribution in [0.25, 0.3) is 0 Å². The second kappa shape index (κ2) is 4.84. The molecule has 0 aromatic carbocycles. The van der Waals surface area contributed by atoms with Gasteiger partial charge in [0.2, 0.25) is 11.0 Å². The molecule has 0 saturated carbocycles. The van der Waals surface area contributed by atoms with Crippen molar-refractivity contribution >= 4 is 38.3 Å². The van der Waals surface area contributed by atoms with Gasteiger partial charge in [0.1, 0.15) is 5.01 Å². The van der Waals surface area contributed by atoms with Gasteiger partial charge >= 0.3 is 0 Å². The van der Waals surface area contributed by atoms with E-state index >= 15 is 0 Å². The lowest BCUT2D eigenvalue weighted by Gasteiger charge is -2.11. The molecule has 1 unspecified atom stereocenters. The zero-order valence-electron chi connectivity index (χ0n) is 8.24. The molecule has 0 fully saturated rings. The Bertz CT molecular complexity index is 326. The van der Waals surface area contributed by atoms with Gasteiger partial charge in [0.05, 0.1) is 4.83 Å². The van der Waals surface area contributed by atoms with Crippen molar-refractivity contribution in [1.82, 2.24) is 10.2 Å². The molecule has 1 N–H and O–H groups in total.